The minimum absolute atomic E-state index is 0.173. The van der Waals surface area contributed by atoms with Gasteiger partial charge in [0.2, 0.25) is 10.0 Å². The van der Waals surface area contributed by atoms with Crippen molar-refractivity contribution in [1.29, 1.82) is 0 Å². The molecular weight excluding hydrogens is 392 g/mol. The molecule has 0 spiro atoms. The lowest BCUT2D eigenvalue weighted by atomic mass is 10.2. The molecule has 2 aromatic heterocycles. The van der Waals surface area contributed by atoms with Crippen LogP contribution >= 0.6 is 0 Å². The molecule has 3 heterocycles. The molecule has 1 aliphatic rings. The molecule has 1 aromatic carbocycles. The zero-order valence-electron chi connectivity index (χ0n) is 16.3. The van der Waals surface area contributed by atoms with Crippen molar-refractivity contribution in [3.8, 4) is 5.75 Å². The number of nitrogens with zero attached hydrogens (tertiary/aromatic N) is 4. The Labute approximate surface area is 169 Å². The summed E-state index contributed by atoms with van der Waals surface area (Å²) in [6.07, 6.45) is 1.87. The molecule has 0 unspecified atom stereocenters. The van der Waals surface area contributed by atoms with E-state index < -0.39 is 10.0 Å². The zero-order valence-corrected chi connectivity index (χ0v) is 17.1. The maximum Gasteiger partial charge on any atom is 0.274 e. The molecular formula is C20H22N4O4S. The summed E-state index contributed by atoms with van der Waals surface area (Å²) in [5, 5.41) is 0. The van der Waals surface area contributed by atoms with Gasteiger partial charge < -0.3 is 14.0 Å². The zero-order chi connectivity index (χ0) is 20.6. The minimum Gasteiger partial charge on any atom is -0.497 e. The van der Waals surface area contributed by atoms with Gasteiger partial charge in [0, 0.05) is 32.4 Å². The molecule has 0 aliphatic carbocycles. The number of aromatic nitrogens is 2. The second-order valence-electron chi connectivity index (χ2n) is 6.85. The molecule has 1 fully saturated rings. The van der Waals surface area contributed by atoms with Crippen LogP contribution in [0.15, 0.2) is 53.6 Å². The van der Waals surface area contributed by atoms with E-state index in [0.29, 0.717) is 30.2 Å². The van der Waals surface area contributed by atoms with Crippen LogP contribution in [0.2, 0.25) is 0 Å². The second-order valence-corrected chi connectivity index (χ2v) is 8.78. The molecule has 9 heteroatoms. The van der Waals surface area contributed by atoms with Gasteiger partial charge in [-0.05, 0) is 43.3 Å². The third kappa shape index (κ3) is 3.47. The Morgan fingerprint density at radius 1 is 1.03 bits per heavy atom. The van der Waals surface area contributed by atoms with Gasteiger partial charge in [0.15, 0.2) is 0 Å². The standard InChI is InChI=1S/C20H22N4O4S/c1-15-19(21-18-5-3-4-10-24(15)18)20(25)22-11-13-23(14-12-22)29(26,27)17-8-6-16(28-2)7-9-17/h3-10H,11-14H2,1-2H3. The third-order valence-electron chi connectivity index (χ3n) is 5.19. The Bertz CT molecular complexity index is 1150. The highest BCUT2D eigenvalue weighted by Crippen LogP contribution is 2.21. The molecule has 29 heavy (non-hydrogen) atoms. The van der Waals surface area contributed by atoms with Crippen molar-refractivity contribution in [3.05, 3.63) is 60.0 Å². The van der Waals surface area contributed by atoms with Gasteiger partial charge in [-0.25, -0.2) is 13.4 Å². The number of carbonyl (C=O) groups excluding carboxylic acids is 1. The quantitative estimate of drug-likeness (QED) is 0.650. The lowest BCUT2D eigenvalue weighted by Gasteiger charge is -2.33. The average molecular weight is 414 g/mol. The normalized spacial score (nSPS) is 15.6. The topological polar surface area (TPSA) is 84.2 Å². The van der Waals surface area contributed by atoms with Crippen LogP contribution in [0.5, 0.6) is 5.75 Å². The van der Waals surface area contributed by atoms with Gasteiger partial charge in [0.1, 0.15) is 17.1 Å². The Hall–Kier alpha value is -2.91. The van der Waals surface area contributed by atoms with E-state index >= 15 is 0 Å². The fourth-order valence-corrected chi connectivity index (χ4v) is 4.92. The summed E-state index contributed by atoms with van der Waals surface area (Å²) in [6, 6.07) is 11.9. The summed E-state index contributed by atoms with van der Waals surface area (Å²) in [7, 11) is -2.08. The summed E-state index contributed by atoms with van der Waals surface area (Å²) < 4.78 is 34.1. The molecule has 8 nitrogen and oxygen atoms in total. The van der Waals surface area contributed by atoms with Crippen LogP contribution < -0.4 is 4.74 Å². The highest BCUT2D eigenvalue weighted by Gasteiger charge is 2.31. The van der Waals surface area contributed by atoms with E-state index in [2.05, 4.69) is 4.98 Å². The van der Waals surface area contributed by atoms with E-state index in [9.17, 15) is 13.2 Å². The number of methoxy groups -OCH3 is 1. The number of imidazole rings is 1. The van der Waals surface area contributed by atoms with Gasteiger partial charge >= 0.3 is 0 Å². The van der Waals surface area contributed by atoms with E-state index in [1.165, 1.54) is 23.5 Å². The summed E-state index contributed by atoms with van der Waals surface area (Å²) in [6.45, 7) is 2.99. The van der Waals surface area contributed by atoms with Crippen LogP contribution in [0.25, 0.3) is 5.65 Å². The summed E-state index contributed by atoms with van der Waals surface area (Å²) in [4.78, 5) is 19.3. The van der Waals surface area contributed by atoms with E-state index in [-0.39, 0.29) is 23.9 Å². The average Bonchev–Trinajstić information content (AvgIpc) is 3.10. The fraction of sp³-hybridized carbons (Fsp3) is 0.300. The van der Waals surface area contributed by atoms with E-state index in [1.54, 1.807) is 17.0 Å². The number of rotatable bonds is 4. The molecule has 3 aromatic rings. The van der Waals surface area contributed by atoms with Crippen molar-refractivity contribution in [2.75, 3.05) is 33.3 Å². The smallest absolute Gasteiger partial charge is 0.274 e. The first-order valence-corrected chi connectivity index (χ1v) is 10.7. The number of piperazine rings is 1. The van der Waals surface area contributed by atoms with Crippen LogP contribution in [0.3, 0.4) is 0 Å². The van der Waals surface area contributed by atoms with Crippen LogP contribution in [0, 0.1) is 6.92 Å². The van der Waals surface area contributed by atoms with Crippen LogP contribution in [-0.2, 0) is 10.0 Å². The number of aryl methyl sites for hydroxylation is 1. The van der Waals surface area contributed by atoms with Crippen molar-refractivity contribution in [2.24, 2.45) is 0 Å². The maximum absolute atomic E-state index is 13.0. The van der Waals surface area contributed by atoms with Gasteiger partial charge in [-0.2, -0.15) is 4.31 Å². The number of amides is 1. The van der Waals surface area contributed by atoms with Crippen molar-refractivity contribution in [1.82, 2.24) is 18.6 Å². The predicted molar refractivity (Wildman–Crippen MR) is 108 cm³/mol. The maximum atomic E-state index is 13.0. The first kappa shape index (κ1) is 19.4. The number of sulfonamides is 1. The minimum atomic E-state index is -3.61. The fourth-order valence-electron chi connectivity index (χ4n) is 3.50. The highest BCUT2D eigenvalue weighted by atomic mass is 32.2. The van der Waals surface area contributed by atoms with Gasteiger partial charge in [-0.15, -0.1) is 0 Å². The number of hydrogen-bond donors (Lipinski definition) is 0. The molecule has 0 atom stereocenters. The molecule has 4 rings (SSSR count). The number of benzene rings is 1. The van der Waals surface area contributed by atoms with Gasteiger partial charge in [0.05, 0.1) is 17.7 Å². The van der Waals surface area contributed by atoms with Gasteiger partial charge in [-0.1, -0.05) is 6.07 Å². The number of ether oxygens (including phenoxy) is 1. The van der Waals surface area contributed by atoms with Crippen molar-refractivity contribution < 1.29 is 17.9 Å². The third-order valence-corrected chi connectivity index (χ3v) is 7.11. The number of fused-ring (bicyclic) bond motifs is 1. The number of pyridine rings is 1. The molecule has 1 saturated heterocycles. The van der Waals surface area contributed by atoms with Crippen molar-refractivity contribution >= 4 is 21.6 Å². The van der Waals surface area contributed by atoms with Gasteiger partial charge in [-0.3, -0.25) is 4.79 Å². The Morgan fingerprint density at radius 3 is 2.34 bits per heavy atom. The number of carbonyl (C=O) groups is 1. The largest absolute Gasteiger partial charge is 0.497 e. The van der Waals surface area contributed by atoms with Crippen LogP contribution in [-0.4, -0.2) is 66.2 Å². The monoisotopic (exact) mass is 414 g/mol. The van der Waals surface area contributed by atoms with Crippen molar-refractivity contribution in [3.63, 3.8) is 0 Å². The highest BCUT2D eigenvalue weighted by molar-refractivity contribution is 7.89. The summed E-state index contributed by atoms with van der Waals surface area (Å²) in [5.74, 6) is 0.426. The Balaban J connectivity index is 1.48. The Kier molecular flexibility index (Phi) is 5.01. The van der Waals surface area contributed by atoms with Crippen LogP contribution in [0.1, 0.15) is 16.2 Å². The Morgan fingerprint density at radius 2 is 1.72 bits per heavy atom. The molecule has 0 N–H and O–H groups in total. The van der Waals surface area contributed by atoms with Crippen LogP contribution in [0.4, 0.5) is 0 Å². The molecule has 1 aliphatic heterocycles. The molecule has 0 saturated carbocycles. The summed E-state index contributed by atoms with van der Waals surface area (Å²) >= 11 is 0. The van der Waals surface area contributed by atoms with E-state index in [4.69, 9.17) is 4.74 Å². The lowest BCUT2D eigenvalue weighted by molar-refractivity contribution is 0.0692. The first-order chi connectivity index (χ1) is 13.9. The molecule has 0 bridgehead atoms. The SMILES string of the molecule is COc1ccc(S(=O)(=O)N2CCN(C(=O)c3nc4ccccn4c3C)CC2)cc1. The summed E-state index contributed by atoms with van der Waals surface area (Å²) in [5.41, 5.74) is 1.90. The predicted octanol–water partition coefficient (Wildman–Crippen LogP) is 1.80. The van der Waals surface area contributed by atoms with Crippen molar-refractivity contribution in [2.45, 2.75) is 11.8 Å². The van der Waals surface area contributed by atoms with E-state index in [1.807, 2.05) is 35.7 Å². The second kappa shape index (κ2) is 7.49. The lowest BCUT2D eigenvalue weighted by Crippen LogP contribution is -2.50. The molecule has 1 amide bonds. The molecule has 152 valence electrons. The first-order valence-electron chi connectivity index (χ1n) is 9.29. The van der Waals surface area contributed by atoms with Gasteiger partial charge in [0.25, 0.3) is 5.91 Å². The number of hydrogen-bond acceptors (Lipinski definition) is 5. The van der Waals surface area contributed by atoms with E-state index in [0.717, 1.165) is 5.69 Å². The molecule has 0 radical (unpaired) electrons.